The first-order valence-corrected chi connectivity index (χ1v) is 7.83. The summed E-state index contributed by atoms with van der Waals surface area (Å²) in [7, 11) is 0. The van der Waals surface area contributed by atoms with Crippen LogP contribution in [0.3, 0.4) is 0 Å². The van der Waals surface area contributed by atoms with Crippen LogP contribution in [-0.4, -0.2) is 10.9 Å². The van der Waals surface area contributed by atoms with Gasteiger partial charge in [0, 0.05) is 11.8 Å². The highest BCUT2D eigenvalue weighted by atomic mass is 19.4. The molecule has 0 spiro atoms. The number of furan rings is 1. The van der Waals surface area contributed by atoms with Gasteiger partial charge in [0.2, 0.25) is 0 Å². The van der Waals surface area contributed by atoms with Crippen LogP contribution in [-0.2, 0) is 6.18 Å². The quantitative estimate of drug-likeness (QED) is 0.650. The van der Waals surface area contributed by atoms with Crippen LogP contribution in [0.25, 0.3) is 0 Å². The summed E-state index contributed by atoms with van der Waals surface area (Å²) in [6.07, 6.45) is -1.42. The van der Waals surface area contributed by atoms with Crippen molar-refractivity contribution >= 4 is 11.7 Å². The van der Waals surface area contributed by atoms with Crippen LogP contribution in [0.4, 0.5) is 19.0 Å². The molecule has 0 unspecified atom stereocenters. The molecule has 26 heavy (non-hydrogen) atoms. The van der Waals surface area contributed by atoms with Gasteiger partial charge in [-0.1, -0.05) is 6.07 Å². The molecule has 0 saturated heterocycles. The van der Waals surface area contributed by atoms with Crippen molar-refractivity contribution in [1.82, 2.24) is 4.98 Å². The Labute approximate surface area is 147 Å². The average Bonchev–Trinajstić information content (AvgIpc) is 3.17. The van der Waals surface area contributed by atoms with Gasteiger partial charge in [-0.15, -0.1) is 0 Å². The van der Waals surface area contributed by atoms with Crippen molar-refractivity contribution in [3.8, 4) is 0 Å². The summed E-state index contributed by atoms with van der Waals surface area (Å²) in [5.41, 5.74) is -0.681. The van der Waals surface area contributed by atoms with Gasteiger partial charge in [-0.25, -0.2) is 4.98 Å². The van der Waals surface area contributed by atoms with E-state index in [-0.39, 0.29) is 5.56 Å². The maximum Gasteiger partial charge on any atom is 0.416 e. The molecule has 134 valence electrons. The lowest BCUT2D eigenvalue weighted by Crippen LogP contribution is -2.34. The zero-order valence-corrected chi connectivity index (χ0v) is 13.8. The second-order valence-electron chi connectivity index (χ2n) is 5.63. The first-order valence-electron chi connectivity index (χ1n) is 7.83. The van der Waals surface area contributed by atoms with E-state index in [0.29, 0.717) is 11.6 Å². The number of pyridine rings is 1. The van der Waals surface area contributed by atoms with E-state index in [2.05, 4.69) is 4.98 Å². The minimum absolute atomic E-state index is 0.127. The summed E-state index contributed by atoms with van der Waals surface area (Å²) in [5.74, 6) is 0.443. The molecule has 3 rings (SSSR count). The van der Waals surface area contributed by atoms with Crippen molar-refractivity contribution in [1.29, 1.82) is 0 Å². The van der Waals surface area contributed by atoms with Crippen molar-refractivity contribution in [2.75, 3.05) is 4.90 Å². The van der Waals surface area contributed by atoms with Gasteiger partial charge >= 0.3 is 6.18 Å². The Balaban J connectivity index is 1.97. The molecule has 0 aliphatic carbocycles. The van der Waals surface area contributed by atoms with E-state index in [9.17, 15) is 18.0 Å². The Morgan fingerprint density at radius 1 is 1.08 bits per heavy atom. The molecule has 0 saturated carbocycles. The van der Waals surface area contributed by atoms with Gasteiger partial charge in [0.25, 0.3) is 5.91 Å². The number of nitrogens with zero attached hydrogens (tertiary/aromatic N) is 2. The van der Waals surface area contributed by atoms with Crippen molar-refractivity contribution in [3.05, 3.63) is 83.9 Å². The summed E-state index contributed by atoms with van der Waals surface area (Å²) >= 11 is 0. The predicted octanol–water partition coefficient (Wildman–Crippen LogP) is 5.10. The molecule has 1 aromatic carbocycles. The van der Waals surface area contributed by atoms with Gasteiger partial charge in [0.15, 0.2) is 0 Å². The maximum atomic E-state index is 13.0. The molecular formula is C19H15F3N2O2. The third kappa shape index (κ3) is 3.61. The molecule has 3 aromatic rings. The fourth-order valence-electron chi connectivity index (χ4n) is 2.57. The molecule has 0 N–H and O–H groups in total. The Morgan fingerprint density at radius 2 is 1.81 bits per heavy atom. The van der Waals surface area contributed by atoms with Gasteiger partial charge in [-0.05, 0) is 55.5 Å². The summed E-state index contributed by atoms with van der Waals surface area (Å²) in [6, 6.07) is 12.1. The van der Waals surface area contributed by atoms with Gasteiger partial charge in [0.1, 0.15) is 11.6 Å². The van der Waals surface area contributed by atoms with Gasteiger partial charge in [-0.3, -0.25) is 9.69 Å². The van der Waals surface area contributed by atoms with E-state index in [0.717, 1.165) is 24.3 Å². The Morgan fingerprint density at radius 3 is 2.35 bits per heavy atom. The smallest absolute Gasteiger partial charge is 0.416 e. The number of halogens is 3. The number of rotatable bonds is 4. The van der Waals surface area contributed by atoms with E-state index < -0.39 is 23.7 Å². The van der Waals surface area contributed by atoms with Crippen LogP contribution in [0.15, 0.2) is 71.5 Å². The number of carbonyl (C=O) groups excluding carboxylic acids is 1. The topological polar surface area (TPSA) is 46.3 Å². The van der Waals surface area contributed by atoms with Crippen molar-refractivity contribution < 1.29 is 22.4 Å². The molecule has 7 heteroatoms. The highest BCUT2D eigenvalue weighted by molar-refractivity contribution is 6.06. The van der Waals surface area contributed by atoms with Crippen LogP contribution in [0.2, 0.25) is 0 Å². The zero-order chi connectivity index (χ0) is 18.7. The number of benzene rings is 1. The SMILES string of the molecule is C[C@@H](c1ccco1)N(C(=O)c1ccc(C(F)(F)F)cc1)c1ccccn1. The van der Waals surface area contributed by atoms with Crippen LogP contribution in [0.5, 0.6) is 0 Å². The van der Waals surface area contributed by atoms with Crippen LogP contribution in [0.1, 0.15) is 34.6 Å². The normalized spacial score (nSPS) is 12.6. The lowest BCUT2D eigenvalue weighted by molar-refractivity contribution is -0.137. The fourth-order valence-corrected chi connectivity index (χ4v) is 2.57. The minimum Gasteiger partial charge on any atom is -0.467 e. The lowest BCUT2D eigenvalue weighted by Gasteiger charge is -2.27. The number of hydrogen-bond donors (Lipinski definition) is 0. The average molecular weight is 360 g/mol. The molecule has 1 atom stereocenters. The summed E-state index contributed by atoms with van der Waals surface area (Å²) in [6.45, 7) is 1.76. The highest BCUT2D eigenvalue weighted by Gasteiger charge is 2.31. The van der Waals surface area contributed by atoms with Gasteiger partial charge < -0.3 is 4.42 Å². The Kier molecular flexibility index (Phi) is 4.79. The molecule has 0 aliphatic heterocycles. The number of hydrogen-bond acceptors (Lipinski definition) is 3. The van der Waals surface area contributed by atoms with E-state index in [1.165, 1.54) is 17.4 Å². The molecule has 0 radical (unpaired) electrons. The molecule has 1 amide bonds. The number of alkyl halides is 3. The lowest BCUT2D eigenvalue weighted by atomic mass is 10.1. The molecule has 0 aliphatic rings. The third-order valence-electron chi connectivity index (χ3n) is 3.92. The fraction of sp³-hybridized carbons (Fsp3) is 0.158. The molecule has 2 aromatic heterocycles. The second-order valence-corrected chi connectivity index (χ2v) is 5.63. The van der Waals surface area contributed by atoms with Crippen molar-refractivity contribution in [2.24, 2.45) is 0 Å². The molecule has 4 nitrogen and oxygen atoms in total. The largest absolute Gasteiger partial charge is 0.467 e. The van der Waals surface area contributed by atoms with Crippen LogP contribution in [0, 0.1) is 0 Å². The second kappa shape index (κ2) is 7.03. The predicted molar refractivity (Wildman–Crippen MR) is 89.6 cm³/mol. The van der Waals surface area contributed by atoms with Crippen LogP contribution >= 0.6 is 0 Å². The molecular weight excluding hydrogens is 345 g/mol. The first-order chi connectivity index (χ1) is 12.4. The van der Waals surface area contributed by atoms with E-state index in [4.69, 9.17) is 4.42 Å². The summed E-state index contributed by atoms with van der Waals surface area (Å²) < 4.78 is 43.6. The Bertz CT molecular complexity index is 860. The summed E-state index contributed by atoms with van der Waals surface area (Å²) in [4.78, 5) is 18.6. The monoisotopic (exact) mass is 360 g/mol. The van der Waals surface area contributed by atoms with Crippen LogP contribution < -0.4 is 4.90 Å². The number of aromatic nitrogens is 1. The molecule has 0 bridgehead atoms. The zero-order valence-electron chi connectivity index (χ0n) is 13.8. The maximum absolute atomic E-state index is 13.0. The number of amides is 1. The highest BCUT2D eigenvalue weighted by Crippen LogP contribution is 2.31. The van der Waals surface area contributed by atoms with Gasteiger partial charge in [0.05, 0.1) is 17.9 Å². The Hall–Kier alpha value is -3.09. The van der Waals surface area contributed by atoms with E-state index in [1.807, 2.05) is 0 Å². The molecule has 0 fully saturated rings. The van der Waals surface area contributed by atoms with Gasteiger partial charge in [-0.2, -0.15) is 13.2 Å². The first kappa shape index (κ1) is 17.7. The van der Waals surface area contributed by atoms with E-state index >= 15 is 0 Å². The third-order valence-corrected chi connectivity index (χ3v) is 3.92. The van der Waals surface area contributed by atoms with Crippen molar-refractivity contribution in [2.45, 2.75) is 19.1 Å². The van der Waals surface area contributed by atoms with Crippen molar-refractivity contribution in [3.63, 3.8) is 0 Å². The van der Waals surface area contributed by atoms with E-state index in [1.54, 1.807) is 37.3 Å². The summed E-state index contributed by atoms with van der Waals surface area (Å²) in [5, 5.41) is 0. The standard InChI is InChI=1S/C19H15F3N2O2/c1-13(16-5-4-12-26-16)24(17-6-2-3-11-23-17)18(25)14-7-9-15(10-8-14)19(20,21)22/h2-13H,1H3/t13-/m0/s1. The minimum atomic E-state index is -4.45. The number of carbonyl (C=O) groups is 1. The molecule has 2 heterocycles. The number of anilines is 1.